The van der Waals surface area contributed by atoms with Gasteiger partial charge in [0.25, 0.3) is 0 Å². The molecule has 1 aliphatic heterocycles. The van der Waals surface area contributed by atoms with Gasteiger partial charge in [-0.2, -0.15) is 0 Å². The molecule has 0 bridgehead atoms. The third kappa shape index (κ3) is 3.64. The molecule has 8 nitrogen and oxygen atoms in total. The molecule has 1 fully saturated rings. The van der Waals surface area contributed by atoms with Crippen LogP contribution in [-0.2, 0) is 4.74 Å². The molecule has 24 heavy (non-hydrogen) atoms. The Hall–Kier alpha value is -2.64. The maximum absolute atomic E-state index is 12.1. The number of fused-ring (bicyclic) bond motifs is 1. The van der Waals surface area contributed by atoms with Gasteiger partial charge in [0, 0.05) is 19.0 Å². The van der Waals surface area contributed by atoms with E-state index in [1.165, 1.54) is 12.5 Å². The minimum absolute atomic E-state index is 0.117. The highest BCUT2D eigenvalue weighted by Crippen LogP contribution is 2.25. The number of amides is 1. The van der Waals surface area contributed by atoms with Gasteiger partial charge in [0.1, 0.15) is 18.0 Å². The molecule has 0 aromatic carbocycles. The molecule has 1 aliphatic rings. The largest absolute Gasteiger partial charge is 0.493 e. The molecule has 128 valence electrons. The molecule has 1 N–H and O–H groups in total. The van der Waals surface area contributed by atoms with E-state index >= 15 is 0 Å². The smallest absolute Gasteiger partial charge is 0.410 e. The highest BCUT2D eigenvalue weighted by molar-refractivity contribution is 5.82. The number of aromatic hydroxyl groups is 1. The number of rotatable bonds is 2. The number of nitrogens with zero attached hydrogens (tertiary/aromatic N) is 4. The van der Waals surface area contributed by atoms with Crippen molar-refractivity contribution in [2.75, 3.05) is 13.1 Å². The number of ether oxygens (including phenoxy) is 2. The Bertz CT molecular complexity index is 759. The Kier molecular flexibility index (Phi) is 4.13. The Morgan fingerprint density at radius 2 is 2.12 bits per heavy atom. The zero-order chi connectivity index (χ0) is 17.3. The van der Waals surface area contributed by atoms with E-state index in [2.05, 4.69) is 15.0 Å². The third-order valence-corrected chi connectivity index (χ3v) is 3.56. The average molecular weight is 332 g/mol. The van der Waals surface area contributed by atoms with Crippen molar-refractivity contribution >= 4 is 17.0 Å². The van der Waals surface area contributed by atoms with E-state index in [-0.39, 0.29) is 18.1 Å². The number of carbonyl (C=O) groups is 1. The fourth-order valence-corrected chi connectivity index (χ4v) is 2.48. The quantitative estimate of drug-likeness (QED) is 0.899. The van der Waals surface area contributed by atoms with Crippen molar-refractivity contribution in [3.05, 3.63) is 18.6 Å². The molecule has 1 saturated heterocycles. The molecule has 0 spiro atoms. The van der Waals surface area contributed by atoms with Crippen LogP contribution in [0, 0.1) is 0 Å². The number of aromatic nitrogens is 3. The van der Waals surface area contributed by atoms with Gasteiger partial charge in [-0.25, -0.2) is 19.7 Å². The first-order valence-corrected chi connectivity index (χ1v) is 7.76. The predicted octanol–water partition coefficient (Wildman–Crippen LogP) is 2.12. The van der Waals surface area contributed by atoms with Crippen LogP contribution >= 0.6 is 0 Å². The van der Waals surface area contributed by atoms with Crippen LogP contribution in [0.5, 0.6) is 11.8 Å². The van der Waals surface area contributed by atoms with Crippen LogP contribution in [0.25, 0.3) is 10.9 Å². The van der Waals surface area contributed by atoms with E-state index in [1.807, 2.05) is 20.8 Å². The molecule has 1 amide bonds. The zero-order valence-electron chi connectivity index (χ0n) is 13.9. The number of hydrogen-bond donors (Lipinski definition) is 1. The highest BCUT2D eigenvalue weighted by Gasteiger charge is 2.31. The van der Waals surface area contributed by atoms with Crippen molar-refractivity contribution in [3.8, 4) is 11.8 Å². The predicted molar refractivity (Wildman–Crippen MR) is 85.8 cm³/mol. The Morgan fingerprint density at radius 3 is 2.88 bits per heavy atom. The summed E-state index contributed by atoms with van der Waals surface area (Å²) in [6.07, 6.45) is 2.97. The lowest BCUT2D eigenvalue weighted by atomic mass is 10.2. The van der Waals surface area contributed by atoms with E-state index in [1.54, 1.807) is 11.0 Å². The van der Waals surface area contributed by atoms with Crippen LogP contribution in [0.4, 0.5) is 4.79 Å². The van der Waals surface area contributed by atoms with Gasteiger partial charge in [0.05, 0.1) is 23.6 Å². The molecular formula is C16H20N4O4. The summed E-state index contributed by atoms with van der Waals surface area (Å²) in [4.78, 5) is 25.6. The lowest BCUT2D eigenvalue weighted by molar-refractivity contribution is 0.0275. The van der Waals surface area contributed by atoms with Gasteiger partial charge in [-0.3, -0.25) is 0 Å². The molecule has 3 heterocycles. The first-order chi connectivity index (χ1) is 11.3. The van der Waals surface area contributed by atoms with Gasteiger partial charge in [0.15, 0.2) is 0 Å². The highest BCUT2D eigenvalue weighted by atomic mass is 16.6. The van der Waals surface area contributed by atoms with E-state index in [9.17, 15) is 9.90 Å². The maximum Gasteiger partial charge on any atom is 0.410 e. The molecule has 2 aromatic rings. The second-order valence-corrected chi connectivity index (χ2v) is 6.69. The minimum atomic E-state index is -0.520. The van der Waals surface area contributed by atoms with Crippen LogP contribution in [0.15, 0.2) is 18.6 Å². The number of carbonyl (C=O) groups excluding carboxylic acids is 1. The summed E-state index contributed by atoms with van der Waals surface area (Å²) in [7, 11) is 0. The van der Waals surface area contributed by atoms with Crippen LogP contribution in [0.2, 0.25) is 0 Å². The van der Waals surface area contributed by atoms with Gasteiger partial charge in [-0.1, -0.05) is 0 Å². The monoisotopic (exact) mass is 332 g/mol. The fraction of sp³-hybridized carbons (Fsp3) is 0.500. The average Bonchev–Trinajstić information content (AvgIpc) is 2.95. The SMILES string of the molecule is CC(C)(C)OC(=O)N1CC[C@H](Oc2cc3c(O)ncnc3cn2)C1. The number of likely N-dealkylation sites (tertiary alicyclic amines) is 1. The minimum Gasteiger partial charge on any atom is -0.493 e. The lowest BCUT2D eigenvalue weighted by Gasteiger charge is -2.24. The second kappa shape index (κ2) is 6.10. The van der Waals surface area contributed by atoms with Crippen LogP contribution in [-0.4, -0.2) is 55.8 Å². The summed E-state index contributed by atoms with van der Waals surface area (Å²) in [6, 6.07) is 1.60. The van der Waals surface area contributed by atoms with Gasteiger partial charge >= 0.3 is 6.09 Å². The summed E-state index contributed by atoms with van der Waals surface area (Å²) in [5, 5.41) is 10.3. The summed E-state index contributed by atoms with van der Waals surface area (Å²) < 4.78 is 11.2. The van der Waals surface area contributed by atoms with Crippen molar-refractivity contribution in [3.63, 3.8) is 0 Å². The molecule has 2 aromatic heterocycles. The molecule has 0 saturated carbocycles. The number of pyridine rings is 1. The maximum atomic E-state index is 12.1. The van der Waals surface area contributed by atoms with Gasteiger partial charge < -0.3 is 19.5 Å². The van der Waals surface area contributed by atoms with E-state index in [4.69, 9.17) is 9.47 Å². The van der Waals surface area contributed by atoms with Crippen molar-refractivity contribution in [1.82, 2.24) is 19.9 Å². The molecule has 3 rings (SSSR count). The Morgan fingerprint density at radius 1 is 1.33 bits per heavy atom. The lowest BCUT2D eigenvalue weighted by Crippen LogP contribution is -2.36. The summed E-state index contributed by atoms with van der Waals surface area (Å²) in [5.74, 6) is 0.248. The standard InChI is InChI=1S/C16H20N4O4/c1-16(2,3)24-15(22)20-5-4-10(8-20)23-13-6-11-12(7-17-13)18-9-19-14(11)21/h6-7,9-10H,4-5,8H2,1-3H3,(H,18,19,21)/t10-/m0/s1. The van der Waals surface area contributed by atoms with E-state index in [0.717, 1.165) is 0 Å². The summed E-state index contributed by atoms with van der Waals surface area (Å²) in [6.45, 7) is 6.51. The van der Waals surface area contributed by atoms with Crippen molar-refractivity contribution in [2.24, 2.45) is 0 Å². The Balaban J connectivity index is 1.65. The van der Waals surface area contributed by atoms with Crippen LogP contribution < -0.4 is 4.74 Å². The first kappa shape index (κ1) is 16.2. The second-order valence-electron chi connectivity index (χ2n) is 6.69. The van der Waals surface area contributed by atoms with Crippen LogP contribution in [0.1, 0.15) is 27.2 Å². The third-order valence-electron chi connectivity index (χ3n) is 3.56. The van der Waals surface area contributed by atoms with Crippen LogP contribution in [0.3, 0.4) is 0 Å². The molecule has 1 atom stereocenters. The molecule has 8 heteroatoms. The van der Waals surface area contributed by atoms with Crippen molar-refractivity contribution in [1.29, 1.82) is 0 Å². The summed E-state index contributed by atoms with van der Waals surface area (Å²) >= 11 is 0. The molecule has 0 aliphatic carbocycles. The molecule has 0 radical (unpaired) electrons. The van der Waals surface area contributed by atoms with Crippen molar-refractivity contribution in [2.45, 2.75) is 38.9 Å². The Labute approximate surface area is 139 Å². The molecular weight excluding hydrogens is 312 g/mol. The van der Waals surface area contributed by atoms with Gasteiger partial charge in [-0.05, 0) is 20.8 Å². The van der Waals surface area contributed by atoms with Gasteiger partial charge in [0.2, 0.25) is 11.8 Å². The van der Waals surface area contributed by atoms with Gasteiger partial charge in [-0.15, -0.1) is 0 Å². The topological polar surface area (TPSA) is 97.7 Å². The molecule has 0 unspecified atom stereocenters. The first-order valence-electron chi connectivity index (χ1n) is 7.76. The van der Waals surface area contributed by atoms with E-state index < -0.39 is 5.60 Å². The fourth-order valence-electron chi connectivity index (χ4n) is 2.48. The number of hydrogen-bond acceptors (Lipinski definition) is 7. The van der Waals surface area contributed by atoms with Crippen molar-refractivity contribution < 1.29 is 19.4 Å². The van der Waals surface area contributed by atoms with E-state index in [0.29, 0.717) is 36.3 Å². The normalized spacial score (nSPS) is 18.0. The zero-order valence-corrected chi connectivity index (χ0v) is 13.9. The summed E-state index contributed by atoms with van der Waals surface area (Å²) in [5.41, 5.74) is 0.0182.